The molecule has 1 aliphatic rings. The fourth-order valence-corrected chi connectivity index (χ4v) is 3.84. The van der Waals surface area contributed by atoms with Crippen LogP contribution in [0.4, 0.5) is 0 Å². The minimum Gasteiger partial charge on any atom is -0.495 e. The molecule has 3 aromatic heterocycles. The number of imidazole rings is 1. The van der Waals surface area contributed by atoms with Crippen molar-refractivity contribution in [2.75, 3.05) is 7.11 Å². The Morgan fingerprint density at radius 3 is 3.04 bits per heavy atom. The lowest BCUT2D eigenvalue weighted by atomic mass is 9.75. The molecule has 0 saturated heterocycles. The first-order valence-corrected chi connectivity index (χ1v) is 8.92. The highest BCUT2D eigenvalue weighted by Crippen LogP contribution is 2.38. The molecule has 25 heavy (non-hydrogen) atoms. The van der Waals surface area contributed by atoms with Gasteiger partial charge in [-0.2, -0.15) is 0 Å². The van der Waals surface area contributed by atoms with Gasteiger partial charge in [0.15, 0.2) is 4.96 Å². The van der Waals surface area contributed by atoms with Crippen LogP contribution in [-0.2, 0) is 0 Å². The molecular weight excluding hydrogens is 340 g/mol. The van der Waals surface area contributed by atoms with Gasteiger partial charge < -0.3 is 15.2 Å². The van der Waals surface area contributed by atoms with E-state index in [0.717, 1.165) is 10.5 Å². The number of hydrogen-bond acceptors (Lipinski definition) is 6. The summed E-state index contributed by atoms with van der Waals surface area (Å²) in [7, 11) is 1.58. The predicted octanol–water partition coefficient (Wildman–Crippen LogP) is 2.04. The van der Waals surface area contributed by atoms with E-state index in [0.29, 0.717) is 24.3 Å². The second kappa shape index (κ2) is 6.45. The zero-order valence-electron chi connectivity index (χ0n) is 13.6. The van der Waals surface area contributed by atoms with Crippen molar-refractivity contribution in [3.05, 3.63) is 47.5 Å². The summed E-state index contributed by atoms with van der Waals surface area (Å²) in [6, 6.07) is 1.63. The summed E-state index contributed by atoms with van der Waals surface area (Å²) in [6.07, 6.45) is 7.94. The van der Waals surface area contributed by atoms with Gasteiger partial charge in [-0.05, 0) is 30.4 Å². The number of carbonyl (C=O) groups is 1. The smallest absolute Gasteiger partial charge is 0.272 e. The van der Waals surface area contributed by atoms with Gasteiger partial charge in [-0.15, -0.1) is 11.3 Å². The van der Waals surface area contributed by atoms with Crippen LogP contribution in [0, 0.1) is 5.92 Å². The molecule has 2 N–H and O–H groups in total. The van der Waals surface area contributed by atoms with Gasteiger partial charge in [0, 0.05) is 24.0 Å². The van der Waals surface area contributed by atoms with Crippen molar-refractivity contribution < 1.29 is 14.6 Å². The minimum atomic E-state index is -0.305. The molecule has 1 unspecified atom stereocenters. The molecule has 130 valence electrons. The van der Waals surface area contributed by atoms with Crippen LogP contribution < -0.4 is 10.1 Å². The summed E-state index contributed by atoms with van der Waals surface area (Å²) in [5.74, 6) is 0.570. The van der Waals surface area contributed by atoms with Crippen LogP contribution in [0.5, 0.6) is 5.75 Å². The maximum atomic E-state index is 12.7. The second-order valence-electron chi connectivity index (χ2n) is 6.21. The van der Waals surface area contributed by atoms with Gasteiger partial charge in [0.1, 0.15) is 11.4 Å². The van der Waals surface area contributed by atoms with Gasteiger partial charge in [-0.25, -0.2) is 4.98 Å². The Balaban J connectivity index is 1.59. The first-order valence-electron chi connectivity index (χ1n) is 8.04. The number of nitrogens with zero attached hydrogens (tertiary/aromatic N) is 3. The zero-order valence-corrected chi connectivity index (χ0v) is 14.4. The molecule has 4 rings (SSSR count). The average Bonchev–Trinajstić information content (AvgIpc) is 3.19. The van der Waals surface area contributed by atoms with E-state index >= 15 is 0 Å². The standard InChI is InChI=1S/C17H18N4O3S/c1-24-13-6-11(7-18-8-13)15(10-4-12(22)5-10)20-16(23)14-9-21-2-3-25-17(21)19-14/h2-3,6-10,12,15,22H,4-5H2,1H3,(H,20,23). The number of hydrogen-bond donors (Lipinski definition) is 2. The summed E-state index contributed by atoms with van der Waals surface area (Å²) in [6.45, 7) is 0. The van der Waals surface area contributed by atoms with Gasteiger partial charge in [-0.1, -0.05) is 0 Å². The van der Waals surface area contributed by atoms with E-state index < -0.39 is 0 Å². The van der Waals surface area contributed by atoms with E-state index in [9.17, 15) is 9.90 Å². The van der Waals surface area contributed by atoms with Crippen molar-refractivity contribution in [3.8, 4) is 5.75 Å². The third kappa shape index (κ3) is 3.10. The quantitative estimate of drug-likeness (QED) is 0.729. The fraction of sp³-hybridized carbons (Fsp3) is 0.353. The summed E-state index contributed by atoms with van der Waals surface area (Å²) in [5, 5.41) is 14.6. The molecule has 1 aliphatic carbocycles. The minimum absolute atomic E-state index is 0.164. The molecule has 7 nitrogen and oxygen atoms in total. The Hall–Kier alpha value is -2.45. The van der Waals surface area contributed by atoms with Gasteiger partial charge in [0.05, 0.1) is 25.5 Å². The van der Waals surface area contributed by atoms with Crippen molar-refractivity contribution in [2.24, 2.45) is 5.92 Å². The van der Waals surface area contributed by atoms with Crippen molar-refractivity contribution >= 4 is 22.2 Å². The highest BCUT2D eigenvalue weighted by Gasteiger charge is 2.36. The topological polar surface area (TPSA) is 88.8 Å². The summed E-state index contributed by atoms with van der Waals surface area (Å²) >= 11 is 1.48. The lowest BCUT2D eigenvalue weighted by Crippen LogP contribution is -2.41. The second-order valence-corrected chi connectivity index (χ2v) is 7.09. The molecule has 0 aliphatic heterocycles. The molecule has 1 fully saturated rings. The van der Waals surface area contributed by atoms with E-state index in [4.69, 9.17) is 4.74 Å². The Bertz CT molecular complexity index is 872. The first kappa shape index (κ1) is 16.0. The molecule has 0 radical (unpaired) electrons. The first-order chi connectivity index (χ1) is 12.1. The number of carbonyl (C=O) groups excluding carboxylic acids is 1. The number of nitrogens with one attached hydrogen (secondary N) is 1. The average molecular weight is 358 g/mol. The molecule has 1 amide bonds. The molecular formula is C17H18N4O3S. The lowest BCUT2D eigenvalue weighted by Gasteiger charge is -2.38. The van der Waals surface area contributed by atoms with E-state index in [1.54, 1.807) is 25.7 Å². The molecule has 0 bridgehead atoms. The Labute approximate surface area is 148 Å². The number of aliphatic hydroxyl groups excluding tert-OH is 1. The number of aromatic nitrogens is 3. The van der Waals surface area contributed by atoms with Gasteiger partial charge in [-0.3, -0.25) is 14.2 Å². The van der Waals surface area contributed by atoms with Crippen LogP contribution in [0.1, 0.15) is 34.9 Å². The molecule has 3 aromatic rings. The van der Waals surface area contributed by atoms with E-state index in [1.807, 2.05) is 22.0 Å². The molecule has 8 heteroatoms. The molecule has 3 heterocycles. The molecule has 1 saturated carbocycles. The van der Waals surface area contributed by atoms with Crippen LogP contribution in [-0.4, -0.2) is 38.6 Å². The number of fused-ring (bicyclic) bond motifs is 1. The van der Waals surface area contributed by atoms with Crippen LogP contribution in [0.15, 0.2) is 36.2 Å². The zero-order chi connectivity index (χ0) is 17.4. The van der Waals surface area contributed by atoms with E-state index in [2.05, 4.69) is 15.3 Å². The SMILES string of the molecule is COc1cncc(C(NC(=O)c2cn3ccsc3n2)C2CC(O)C2)c1. The predicted molar refractivity (Wildman–Crippen MR) is 92.8 cm³/mol. The fourth-order valence-electron chi connectivity index (χ4n) is 3.14. The van der Waals surface area contributed by atoms with Crippen LogP contribution >= 0.6 is 11.3 Å². The Morgan fingerprint density at radius 1 is 1.48 bits per heavy atom. The number of methoxy groups -OCH3 is 1. The monoisotopic (exact) mass is 358 g/mol. The molecule has 1 atom stereocenters. The summed E-state index contributed by atoms with van der Waals surface area (Å²) < 4.78 is 7.07. The van der Waals surface area contributed by atoms with Crippen molar-refractivity contribution in [1.29, 1.82) is 0 Å². The number of thiazole rings is 1. The lowest BCUT2D eigenvalue weighted by molar-refractivity contribution is 0.0234. The third-order valence-corrected chi connectivity index (χ3v) is 5.33. The normalized spacial score (nSPS) is 20.9. The number of amides is 1. The highest BCUT2D eigenvalue weighted by molar-refractivity contribution is 7.15. The largest absolute Gasteiger partial charge is 0.495 e. The molecule has 0 spiro atoms. The number of rotatable bonds is 5. The van der Waals surface area contributed by atoms with Gasteiger partial charge >= 0.3 is 0 Å². The number of pyridine rings is 1. The summed E-state index contributed by atoms with van der Waals surface area (Å²) in [4.78, 5) is 22.0. The van der Waals surface area contributed by atoms with Crippen LogP contribution in [0.3, 0.4) is 0 Å². The van der Waals surface area contributed by atoms with Gasteiger partial charge in [0.2, 0.25) is 0 Å². The van der Waals surface area contributed by atoms with Crippen molar-refractivity contribution in [1.82, 2.24) is 19.7 Å². The highest BCUT2D eigenvalue weighted by atomic mass is 32.1. The number of ether oxygens (including phenoxy) is 1. The van der Waals surface area contributed by atoms with Crippen molar-refractivity contribution in [2.45, 2.75) is 25.0 Å². The Kier molecular flexibility index (Phi) is 4.14. The molecule has 0 aromatic carbocycles. The number of aliphatic hydroxyl groups is 1. The summed E-state index contributed by atoms with van der Waals surface area (Å²) in [5.41, 5.74) is 1.25. The van der Waals surface area contributed by atoms with E-state index in [1.165, 1.54) is 11.3 Å². The third-order valence-electron chi connectivity index (χ3n) is 4.56. The van der Waals surface area contributed by atoms with Crippen LogP contribution in [0.2, 0.25) is 0 Å². The van der Waals surface area contributed by atoms with E-state index in [-0.39, 0.29) is 24.0 Å². The maximum absolute atomic E-state index is 12.7. The maximum Gasteiger partial charge on any atom is 0.272 e. The van der Waals surface area contributed by atoms with Gasteiger partial charge in [0.25, 0.3) is 5.91 Å². The van der Waals surface area contributed by atoms with Crippen molar-refractivity contribution in [3.63, 3.8) is 0 Å². The Morgan fingerprint density at radius 2 is 2.32 bits per heavy atom. The van der Waals surface area contributed by atoms with Crippen LogP contribution in [0.25, 0.3) is 4.96 Å².